The number of anilines is 1. The molecular formula is C22H22ClN5O2S. The topological polar surface area (TPSA) is 125 Å². The van der Waals surface area contributed by atoms with Crippen molar-refractivity contribution in [3.63, 3.8) is 0 Å². The number of H-pyrrole nitrogens is 1. The molecule has 0 unspecified atom stereocenters. The summed E-state index contributed by atoms with van der Waals surface area (Å²) in [6.07, 6.45) is 0.581. The number of rotatable bonds is 6. The second kappa shape index (κ2) is 8.79. The Morgan fingerprint density at radius 3 is 2.42 bits per heavy atom. The number of nitrogens with one attached hydrogen (secondary N) is 3. The third kappa shape index (κ3) is 4.87. The zero-order chi connectivity index (χ0) is 21.3. The lowest BCUT2D eigenvalue weighted by molar-refractivity contribution is 0.601. The van der Waals surface area contributed by atoms with E-state index in [9.17, 15) is 8.42 Å². The highest BCUT2D eigenvalue weighted by Gasteiger charge is 2.15. The molecule has 4 rings (SSSR count). The lowest BCUT2D eigenvalue weighted by Gasteiger charge is -2.09. The van der Waals surface area contributed by atoms with Crippen LogP contribution in [-0.4, -0.2) is 24.2 Å². The molecule has 9 heteroatoms. The summed E-state index contributed by atoms with van der Waals surface area (Å²) < 4.78 is 27.9. The first kappa shape index (κ1) is 22.3. The summed E-state index contributed by atoms with van der Waals surface area (Å²) in [5.41, 5.74) is 10.1. The Balaban J connectivity index is 0.00000272. The summed E-state index contributed by atoms with van der Waals surface area (Å²) in [6.45, 7) is 1.90. The molecule has 160 valence electrons. The highest BCUT2D eigenvalue weighted by atomic mass is 35.5. The molecular weight excluding hydrogens is 434 g/mol. The summed E-state index contributed by atoms with van der Waals surface area (Å²) in [5, 5.41) is 7.47. The van der Waals surface area contributed by atoms with Crippen molar-refractivity contribution in [1.82, 2.24) is 9.97 Å². The van der Waals surface area contributed by atoms with Gasteiger partial charge < -0.3 is 10.7 Å². The Morgan fingerprint density at radius 2 is 1.77 bits per heavy atom. The van der Waals surface area contributed by atoms with E-state index in [-0.39, 0.29) is 23.1 Å². The highest BCUT2D eigenvalue weighted by Crippen LogP contribution is 2.25. The number of nitrogen functional groups attached to an aromatic ring is 1. The predicted molar refractivity (Wildman–Crippen MR) is 126 cm³/mol. The number of fused-ring (bicyclic) bond motifs is 1. The van der Waals surface area contributed by atoms with Crippen molar-refractivity contribution in [3.8, 4) is 0 Å². The van der Waals surface area contributed by atoms with E-state index in [0.29, 0.717) is 17.7 Å². The molecule has 0 amide bonds. The maximum Gasteiger partial charge on any atom is 0.261 e. The maximum absolute atomic E-state index is 12.6. The molecule has 31 heavy (non-hydrogen) atoms. The summed E-state index contributed by atoms with van der Waals surface area (Å²) in [7, 11) is -3.66. The molecule has 4 aromatic rings. The van der Waals surface area contributed by atoms with Crippen LogP contribution in [0.25, 0.3) is 11.0 Å². The number of benzene rings is 3. The normalized spacial score (nSPS) is 11.1. The summed E-state index contributed by atoms with van der Waals surface area (Å²) in [4.78, 5) is 8.15. The van der Waals surface area contributed by atoms with Crippen molar-refractivity contribution in [2.75, 3.05) is 4.72 Å². The number of imidazole rings is 1. The Morgan fingerprint density at radius 1 is 1.10 bits per heavy atom. The van der Waals surface area contributed by atoms with E-state index in [1.807, 2.05) is 31.2 Å². The molecule has 0 saturated heterocycles. The highest BCUT2D eigenvalue weighted by molar-refractivity contribution is 7.92. The van der Waals surface area contributed by atoms with Crippen molar-refractivity contribution in [1.29, 1.82) is 5.41 Å². The Bertz CT molecular complexity index is 1330. The van der Waals surface area contributed by atoms with Gasteiger partial charge in [0.2, 0.25) is 0 Å². The minimum atomic E-state index is -3.66. The molecule has 5 N–H and O–H groups in total. The van der Waals surface area contributed by atoms with E-state index in [1.54, 1.807) is 42.5 Å². The van der Waals surface area contributed by atoms with Crippen molar-refractivity contribution in [2.24, 2.45) is 5.73 Å². The fraction of sp³-hybridized carbons (Fsp3) is 0.0909. The fourth-order valence-corrected chi connectivity index (χ4v) is 4.35. The average Bonchev–Trinajstić information content (AvgIpc) is 3.11. The van der Waals surface area contributed by atoms with E-state index in [0.717, 1.165) is 28.0 Å². The summed E-state index contributed by atoms with van der Waals surface area (Å²) >= 11 is 0. The first-order valence-corrected chi connectivity index (χ1v) is 10.8. The Hall–Kier alpha value is -3.36. The van der Waals surface area contributed by atoms with Crippen LogP contribution in [-0.2, 0) is 16.4 Å². The predicted octanol–water partition coefficient (Wildman–Crippen LogP) is 3.97. The molecule has 0 fully saturated rings. The van der Waals surface area contributed by atoms with E-state index in [1.165, 1.54) is 0 Å². The standard InChI is InChI=1S/C22H21N5O2S.ClH/c1-14-11-17(27-30(28,29)18-5-3-2-4-6-18)13-19-21(14)26-20(25-19)12-15-7-9-16(10-8-15)22(23)24;/h2-11,13,27H,12H2,1H3,(H3,23,24)(H,25,26);1H. The molecule has 0 atom stereocenters. The van der Waals surface area contributed by atoms with Gasteiger partial charge in [0.1, 0.15) is 11.7 Å². The molecule has 7 nitrogen and oxygen atoms in total. The molecule has 0 bridgehead atoms. The number of hydrogen-bond acceptors (Lipinski definition) is 4. The van der Waals surface area contributed by atoms with Gasteiger partial charge in [-0.05, 0) is 42.3 Å². The summed E-state index contributed by atoms with van der Waals surface area (Å²) in [6, 6.07) is 19.2. The number of sulfonamides is 1. The number of aromatic nitrogens is 2. The third-order valence-corrected chi connectivity index (χ3v) is 6.17. The van der Waals surface area contributed by atoms with Crippen molar-refractivity contribution in [3.05, 3.63) is 89.2 Å². The van der Waals surface area contributed by atoms with Crippen LogP contribution in [0.3, 0.4) is 0 Å². The van der Waals surface area contributed by atoms with Crippen LogP contribution >= 0.6 is 12.4 Å². The molecule has 0 spiro atoms. The van der Waals surface area contributed by atoms with Crippen molar-refractivity contribution < 1.29 is 8.42 Å². The second-order valence-corrected chi connectivity index (χ2v) is 8.76. The first-order valence-electron chi connectivity index (χ1n) is 9.32. The van der Waals surface area contributed by atoms with Gasteiger partial charge in [0.15, 0.2) is 0 Å². The molecule has 0 saturated carbocycles. The minimum absolute atomic E-state index is 0. The second-order valence-electron chi connectivity index (χ2n) is 7.08. The van der Waals surface area contributed by atoms with Gasteiger partial charge in [-0.2, -0.15) is 0 Å². The number of amidine groups is 1. The zero-order valence-electron chi connectivity index (χ0n) is 16.7. The average molecular weight is 456 g/mol. The number of nitrogens with two attached hydrogens (primary N) is 1. The number of aromatic amines is 1. The molecule has 0 radical (unpaired) electrons. The van der Waals surface area contributed by atoms with E-state index >= 15 is 0 Å². The fourth-order valence-electron chi connectivity index (χ4n) is 3.29. The Labute approximate surface area is 186 Å². The Kier molecular flexibility index (Phi) is 6.33. The van der Waals surface area contributed by atoms with Crippen LogP contribution in [0.5, 0.6) is 0 Å². The minimum Gasteiger partial charge on any atom is -0.384 e. The lowest BCUT2D eigenvalue weighted by atomic mass is 10.1. The van der Waals surface area contributed by atoms with Crippen LogP contribution < -0.4 is 10.5 Å². The third-order valence-electron chi connectivity index (χ3n) is 4.77. The zero-order valence-corrected chi connectivity index (χ0v) is 18.3. The molecule has 1 aromatic heterocycles. The van der Waals surface area contributed by atoms with Crippen molar-refractivity contribution >= 4 is 45.0 Å². The van der Waals surface area contributed by atoms with E-state index < -0.39 is 10.0 Å². The van der Waals surface area contributed by atoms with Crippen molar-refractivity contribution in [2.45, 2.75) is 18.2 Å². The van der Waals surface area contributed by atoms with Gasteiger partial charge in [-0.1, -0.05) is 42.5 Å². The van der Waals surface area contributed by atoms with E-state index in [4.69, 9.17) is 11.1 Å². The molecule has 0 aliphatic rings. The molecule has 0 aliphatic heterocycles. The van der Waals surface area contributed by atoms with Gasteiger partial charge in [0.05, 0.1) is 21.6 Å². The number of halogens is 1. The quantitative estimate of drug-likeness (QED) is 0.259. The van der Waals surface area contributed by atoms with Gasteiger partial charge in [0, 0.05) is 12.0 Å². The van der Waals surface area contributed by atoms with Gasteiger partial charge in [0.25, 0.3) is 10.0 Å². The SMILES string of the molecule is Cc1cc(NS(=O)(=O)c2ccccc2)cc2[nH]c(Cc3ccc(C(=N)N)cc3)nc12.Cl. The lowest BCUT2D eigenvalue weighted by Crippen LogP contribution is -2.12. The monoisotopic (exact) mass is 455 g/mol. The largest absolute Gasteiger partial charge is 0.384 e. The van der Waals surface area contributed by atoms with Crippen LogP contribution in [0.1, 0.15) is 22.5 Å². The maximum atomic E-state index is 12.6. The van der Waals surface area contributed by atoms with Gasteiger partial charge in [-0.25, -0.2) is 13.4 Å². The van der Waals surface area contributed by atoms with Gasteiger partial charge >= 0.3 is 0 Å². The smallest absolute Gasteiger partial charge is 0.261 e. The number of hydrogen-bond donors (Lipinski definition) is 4. The van der Waals surface area contributed by atoms with Crippen LogP contribution in [0.4, 0.5) is 5.69 Å². The first-order chi connectivity index (χ1) is 14.3. The molecule has 3 aromatic carbocycles. The number of nitrogens with zero attached hydrogens (tertiary/aromatic N) is 1. The number of aryl methyl sites for hydroxylation is 1. The molecule has 0 aliphatic carbocycles. The molecule has 1 heterocycles. The van der Waals surface area contributed by atoms with Crippen LogP contribution in [0, 0.1) is 12.3 Å². The summed E-state index contributed by atoms with van der Waals surface area (Å²) in [5.74, 6) is 0.804. The van der Waals surface area contributed by atoms with E-state index in [2.05, 4.69) is 14.7 Å². The van der Waals surface area contributed by atoms with Gasteiger partial charge in [-0.15, -0.1) is 12.4 Å². The van der Waals surface area contributed by atoms with Crippen LogP contribution in [0.15, 0.2) is 71.6 Å². The van der Waals surface area contributed by atoms with Crippen LogP contribution in [0.2, 0.25) is 0 Å². The van der Waals surface area contributed by atoms with Gasteiger partial charge in [-0.3, -0.25) is 10.1 Å².